The first-order valence-corrected chi connectivity index (χ1v) is 6.41. The van der Waals surface area contributed by atoms with E-state index in [1.54, 1.807) is 4.68 Å². The van der Waals surface area contributed by atoms with Crippen LogP contribution in [0.15, 0.2) is 12.1 Å². The van der Waals surface area contributed by atoms with Crippen LogP contribution in [0.2, 0.25) is 0 Å². The Balaban J connectivity index is 1.98. The molecule has 2 aromatic rings. The van der Waals surface area contributed by atoms with E-state index in [1.165, 1.54) is 25.0 Å². The largest absolute Gasteiger partial charge is 0.478 e. The first-order chi connectivity index (χ1) is 9.15. The van der Waals surface area contributed by atoms with Crippen LogP contribution in [0.3, 0.4) is 0 Å². The van der Waals surface area contributed by atoms with Crippen LogP contribution in [0.4, 0.5) is 4.39 Å². The molecule has 0 radical (unpaired) electrons. The van der Waals surface area contributed by atoms with Gasteiger partial charge in [-0.15, -0.1) is 5.10 Å². The van der Waals surface area contributed by atoms with Crippen LogP contribution in [-0.4, -0.2) is 26.1 Å². The number of carbonyl (C=O) groups is 1. The van der Waals surface area contributed by atoms with Crippen molar-refractivity contribution in [1.82, 2.24) is 15.0 Å². The fraction of sp³-hybridized carbons (Fsp3) is 0.462. The minimum Gasteiger partial charge on any atom is -0.478 e. The molecule has 0 bridgehead atoms. The van der Waals surface area contributed by atoms with Gasteiger partial charge >= 0.3 is 5.97 Å². The van der Waals surface area contributed by atoms with E-state index in [-0.39, 0.29) is 5.56 Å². The van der Waals surface area contributed by atoms with Gasteiger partial charge in [-0.3, -0.25) is 0 Å². The molecule has 19 heavy (non-hydrogen) atoms. The first kappa shape index (κ1) is 12.1. The second-order valence-electron chi connectivity index (χ2n) is 5.05. The highest BCUT2D eigenvalue weighted by atomic mass is 19.1. The summed E-state index contributed by atoms with van der Waals surface area (Å²) in [5, 5.41) is 16.8. The molecule has 3 rings (SSSR count). The topological polar surface area (TPSA) is 68.0 Å². The molecule has 1 heterocycles. The number of halogens is 1. The molecular formula is C13H14FN3O2. The minimum absolute atomic E-state index is 0.361. The molecule has 0 saturated heterocycles. The van der Waals surface area contributed by atoms with E-state index in [0.717, 1.165) is 19.4 Å². The van der Waals surface area contributed by atoms with Crippen molar-refractivity contribution < 1.29 is 14.3 Å². The van der Waals surface area contributed by atoms with E-state index < -0.39 is 11.8 Å². The van der Waals surface area contributed by atoms with Crippen LogP contribution in [0.5, 0.6) is 0 Å². The SMILES string of the molecule is O=C(O)c1cc2nnn(CC3CCCC3)c2cc1F. The lowest BCUT2D eigenvalue weighted by atomic mass is 10.1. The average Bonchev–Trinajstić information content (AvgIpc) is 2.99. The third-order valence-electron chi connectivity index (χ3n) is 3.74. The van der Waals surface area contributed by atoms with Crippen molar-refractivity contribution in [1.29, 1.82) is 0 Å². The summed E-state index contributed by atoms with van der Waals surface area (Å²) in [6.45, 7) is 0.725. The van der Waals surface area contributed by atoms with Crippen LogP contribution < -0.4 is 0 Å². The predicted molar refractivity (Wildman–Crippen MR) is 66.4 cm³/mol. The molecule has 1 aromatic heterocycles. The molecule has 0 atom stereocenters. The van der Waals surface area contributed by atoms with Crippen molar-refractivity contribution in [3.05, 3.63) is 23.5 Å². The number of carboxylic acid groups (broad SMARTS) is 1. The summed E-state index contributed by atoms with van der Waals surface area (Å²) < 4.78 is 15.4. The van der Waals surface area contributed by atoms with E-state index in [4.69, 9.17) is 5.11 Å². The minimum atomic E-state index is -1.29. The molecule has 1 aromatic carbocycles. The van der Waals surface area contributed by atoms with E-state index >= 15 is 0 Å². The van der Waals surface area contributed by atoms with Crippen molar-refractivity contribution in [3.63, 3.8) is 0 Å². The molecule has 1 aliphatic carbocycles. The van der Waals surface area contributed by atoms with Gasteiger partial charge in [0.1, 0.15) is 11.3 Å². The van der Waals surface area contributed by atoms with Gasteiger partial charge in [0.15, 0.2) is 0 Å². The zero-order chi connectivity index (χ0) is 13.4. The summed E-state index contributed by atoms with van der Waals surface area (Å²) in [7, 11) is 0. The van der Waals surface area contributed by atoms with Crippen molar-refractivity contribution >= 4 is 17.0 Å². The number of aromatic nitrogens is 3. The molecule has 0 aliphatic heterocycles. The molecular weight excluding hydrogens is 249 g/mol. The summed E-state index contributed by atoms with van der Waals surface area (Å²) in [6.07, 6.45) is 4.79. The number of aromatic carboxylic acids is 1. The fourth-order valence-electron chi connectivity index (χ4n) is 2.72. The van der Waals surface area contributed by atoms with E-state index in [9.17, 15) is 9.18 Å². The highest BCUT2D eigenvalue weighted by Gasteiger charge is 2.19. The Kier molecular flexibility index (Phi) is 2.93. The van der Waals surface area contributed by atoms with Gasteiger partial charge in [0, 0.05) is 12.6 Å². The van der Waals surface area contributed by atoms with Crippen molar-refractivity contribution in [2.75, 3.05) is 0 Å². The second kappa shape index (κ2) is 4.60. The van der Waals surface area contributed by atoms with Crippen LogP contribution in [0.25, 0.3) is 11.0 Å². The van der Waals surface area contributed by atoms with E-state index in [0.29, 0.717) is 17.0 Å². The van der Waals surface area contributed by atoms with Gasteiger partial charge in [0.25, 0.3) is 0 Å². The van der Waals surface area contributed by atoms with Gasteiger partial charge < -0.3 is 5.11 Å². The van der Waals surface area contributed by atoms with Crippen LogP contribution in [0.1, 0.15) is 36.0 Å². The number of hydrogen-bond donors (Lipinski definition) is 1. The lowest BCUT2D eigenvalue weighted by molar-refractivity contribution is 0.0692. The Hall–Kier alpha value is -1.98. The van der Waals surface area contributed by atoms with Gasteiger partial charge in [-0.2, -0.15) is 0 Å². The maximum absolute atomic E-state index is 13.7. The fourth-order valence-corrected chi connectivity index (χ4v) is 2.72. The molecule has 1 fully saturated rings. The first-order valence-electron chi connectivity index (χ1n) is 6.41. The molecule has 0 amide bonds. The van der Waals surface area contributed by atoms with E-state index in [2.05, 4.69) is 10.3 Å². The summed E-state index contributed by atoms with van der Waals surface area (Å²) >= 11 is 0. The Bertz CT molecular complexity index is 632. The van der Waals surface area contributed by atoms with Gasteiger partial charge in [-0.1, -0.05) is 18.1 Å². The zero-order valence-electron chi connectivity index (χ0n) is 10.3. The zero-order valence-corrected chi connectivity index (χ0v) is 10.3. The van der Waals surface area contributed by atoms with Gasteiger partial charge in [0.2, 0.25) is 0 Å². The van der Waals surface area contributed by atoms with Crippen molar-refractivity contribution in [2.45, 2.75) is 32.2 Å². The summed E-state index contributed by atoms with van der Waals surface area (Å²) in [5.74, 6) is -1.47. The standard InChI is InChI=1S/C13H14FN3O2/c14-10-6-12-11(5-9(10)13(18)19)15-16-17(12)7-8-3-1-2-4-8/h5-6,8H,1-4,7H2,(H,18,19). The molecule has 1 aliphatic rings. The number of nitrogens with zero attached hydrogens (tertiary/aromatic N) is 3. The lowest BCUT2D eigenvalue weighted by Crippen LogP contribution is -2.09. The van der Waals surface area contributed by atoms with Gasteiger partial charge in [-0.25, -0.2) is 13.9 Å². The smallest absolute Gasteiger partial charge is 0.338 e. The third kappa shape index (κ3) is 2.18. The molecule has 1 saturated carbocycles. The maximum Gasteiger partial charge on any atom is 0.338 e. The Morgan fingerprint density at radius 3 is 2.84 bits per heavy atom. The average molecular weight is 263 g/mol. The predicted octanol–water partition coefficient (Wildman–Crippen LogP) is 2.46. The summed E-state index contributed by atoms with van der Waals surface area (Å²) in [5.41, 5.74) is 0.631. The van der Waals surface area contributed by atoms with Crippen LogP contribution in [0, 0.1) is 11.7 Å². The second-order valence-corrected chi connectivity index (χ2v) is 5.05. The Morgan fingerprint density at radius 1 is 1.42 bits per heavy atom. The highest BCUT2D eigenvalue weighted by Crippen LogP contribution is 2.27. The molecule has 5 nitrogen and oxygen atoms in total. The summed E-state index contributed by atoms with van der Waals surface area (Å²) in [4.78, 5) is 10.9. The van der Waals surface area contributed by atoms with Gasteiger partial charge in [0.05, 0.1) is 11.1 Å². The number of benzene rings is 1. The molecule has 100 valence electrons. The number of hydrogen-bond acceptors (Lipinski definition) is 3. The maximum atomic E-state index is 13.7. The van der Waals surface area contributed by atoms with Gasteiger partial charge in [-0.05, 0) is 24.8 Å². The number of rotatable bonds is 3. The highest BCUT2D eigenvalue weighted by molar-refractivity contribution is 5.92. The Morgan fingerprint density at radius 2 is 2.16 bits per heavy atom. The quantitative estimate of drug-likeness (QED) is 0.923. The summed E-state index contributed by atoms with van der Waals surface area (Å²) in [6, 6.07) is 2.46. The molecule has 0 spiro atoms. The third-order valence-corrected chi connectivity index (χ3v) is 3.74. The number of carboxylic acids is 1. The normalized spacial score (nSPS) is 16.3. The molecule has 6 heteroatoms. The van der Waals surface area contributed by atoms with Crippen LogP contribution in [-0.2, 0) is 6.54 Å². The van der Waals surface area contributed by atoms with E-state index in [1.807, 2.05) is 0 Å². The van der Waals surface area contributed by atoms with Crippen molar-refractivity contribution in [3.8, 4) is 0 Å². The monoisotopic (exact) mass is 263 g/mol. The van der Waals surface area contributed by atoms with Crippen LogP contribution >= 0.6 is 0 Å². The Labute approximate surface area is 109 Å². The molecule has 1 N–H and O–H groups in total. The van der Waals surface area contributed by atoms with Crippen molar-refractivity contribution in [2.24, 2.45) is 5.92 Å². The molecule has 0 unspecified atom stereocenters. The number of fused-ring (bicyclic) bond motifs is 1. The lowest BCUT2D eigenvalue weighted by Gasteiger charge is -2.09.